The molecule has 0 unspecified atom stereocenters. The summed E-state index contributed by atoms with van der Waals surface area (Å²) in [6.07, 6.45) is 0. The Bertz CT molecular complexity index is 503. The summed E-state index contributed by atoms with van der Waals surface area (Å²) in [6.45, 7) is 4.07. The van der Waals surface area contributed by atoms with E-state index in [1.165, 1.54) is 10.3 Å². The van der Waals surface area contributed by atoms with E-state index in [9.17, 15) is 0 Å². The zero-order chi connectivity index (χ0) is 9.42. The highest BCUT2D eigenvalue weighted by Gasteiger charge is 2.07. The lowest BCUT2D eigenvalue weighted by Crippen LogP contribution is -1.73. The third-order valence-electron chi connectivity index (χ3n) is 2.13. The number of benzene rings is 1. The molecule has 0 atom stereocenters. The van der Waals surface area contributed by atoms with Crippen molar-refractivity contribution in [3.05, 3.63) is 34.2 Å². The first-order chi connectivity index (χ1) is 6.22. The largest absolute Gasteiger partial charge is 0.192 e. The van der Waals surface area contributed by atoms with E-state index in [0.29, 0.717) is 0 Å². The zero-order valence-electron chi connectivity index (χ0n) is 7.59. The number of nitriles is 1. The van der Waals surface area contributed by atoms with Gasteiger partial charge in [0.25, 0.3) is 0 Å². The van der Waals surface area contributed by atoms with Gasteiger partial charge >= 0.3 is 0 Å². The van der Waals surface area contributed by atoms with Gasteiger partial charge in [-0.05, 0) is 25.5 Å². The number of hydrogen-bond acceptors (Lipinski definition) is 2. The maximum Gasteiger partial charge on any atom is 0.101 e. The molecule has 13 heavy (non-hydrogen) atoms. The van der Waals surface area contributed by atoms with Crippen molar-refractivity contribution >= 4 is 21.4 Å². The smallest absolute Gasteiger partial charge is 0.101 e. The Morgan fingerprint density at radius 3 is 2.77 bits per heavy atom. The molecule has 0 spiro atoms. The van der Waals surface area contributed by atoms with Gasteiger partial charge in [0.2, 0.25) is 0 Å². The summed E-state index contributed by atoms with van der Waals surface area (Å²) in [5.74, 6) is 0. The van der Waals surface area contributed by atoms with Crippen molar-refractivity contribution in [2.45, 2.75) is 13.8 Å². The lowest BCUT2D eigenvalue weighted by Gasteiger charge is -1.91. The van der Waals surface area contributed by atoms with Crippen LogP contribution in [0.2, 0.25) is 0 Å². The molecular formula is C11H9NS. The molecule has 64 valence electrons. The Labute approximate surface area is 81.2 Å². The molecule has 0 saturated carbocycles. The minimum Gasteiger partial charge on any atom is -0.192 e. The van der Waals surface area contributed by atoms with Crippen LogP contribution >= 0.6 is 11.3 Å². The summed E-state index contributed by atoms with van der Waals surface area (Å²) in [5, 5.41) is 10.0. The predicted octanol–water partition coefficient (Wildman–Crippen LogP) is 3.39. The molecule has 1 aromatic heterocycles. The maximum atomic E-state index is 8.93. The van der Waals surface area contributed by atoms with Gasteiger partial charge in [-0.3, -0.25) is 0 Å². The van der Waals surface area contributed by atoms with Crippen LogP contribution in [0.1, 0.15) is 16.0 Å². The van der Waals surface area contributed by atoms with Gasteiger partial charge in [-0.25, -0.2) is 0 Å². The number of hydrogen-bond donors (Lipinski definition) is 0. The van der Waals surface area contributed by atoms with Gasteiger partial charge in [-0.2, -0.15) is 5.26 Å². The Hall–Kier alpha value is -1.33. The summed E-state index contributed by atoms with van der Waals surface area (Å²) in [7, 11) is 0. The highest BCUT2D eigenvalue weighted by atomic mass is 32.1. The third kappa shape index (κ3) is 1.22. The Morgan fingerprint density at radius 1 is 1.31 bits per heavy atom. The topological polar surface area (TPSA) is 23.8 Å². The first kappa shape index (κ1) is 8.28. The number of aryl methyl sites for hydroxylation is 2. The van der Waals surface area contributed by atoms with Crippen LogP contribution in [0, 0.1) is 25.2 Å². The monoisotopic (exact) mass is 187 g/mol. The van der Waals surface area contributed by atoms with Crippen molar-refractivity contribution in [3.63, 3.8) is 0 Å². The van der Waals surface area contributed by atoms with Gasteiger partial charge in [0.1, 0.15) is 6.07 Å². The summed E-state index contributed by atoms with van der Waals surface area (Å²) in [4.78, 5) is 1.11. The summed E-state index contributed by atoms with van der Waals surface area (Å²) >= 11 is 1.69. The molecule has 0 aliphatic carbocycles. The molecule has 0 aliphatic heterocycles. The second kappa shape index (κ2) is 2.86. The quantitative estimate of drug-likeness (QED) is 0.620. The van der Waals surface area contributed by atoms with E-state index in [1.807, 2.05) is 13.0 Å². The number of nitrogens with zero attached hydrogens (tertiary/aromatic N) is 1. The van der Waals surface area contributed by atoms with E-state index in [0.717, 1.165) is 15.8 Å². The molecule has 0 fully saturated rings. The fraction of sp³-hybridized carbons (Fsp3) is 0.182. The lowest BCUT2D eigenvalue weighted by molar-refractivity contribution is 1.48. The molecule has 2 aromatic rings. The van der Waals surface area contributed by atoms with E-state index in [4.69, 9.17) is 5.26 Å². The predicted molar refractivity (Wildman–Crippen MR) is 56.0 cm³/mol. The Kier molecular flexibility index (Phi) is 1.82. The first-order valence-corrected chi connectivity index (χ1v) is 4.94. The molecule has 2 rings (SSSR count). The molecule has 0 amide bonds. The van der Waals surface area contributed by atoms with E-state index in [2.05, 4.69) is 25.1 Å². The zero-order valence-corrected chi connectivity index (χ0v) is 8.40. The summed E-state index contributed by atoms with van der Waals surface area (Å²) in [6, 6.07) is 8.47. The van der Waals surface area contributed by atoms with Crippen molar-refractivity contribution in [3.8, 4) is 6.07 Å². The van der Waals surface area contributed by atoms with Crippen LogP contribution in [0.3, 0.4) is 0 Å². The van der Waals surface area contributed by atoms with E-state index in [1.54, 1.807) is 11.3 Å². The van der Waals surface area contributed by atoms with Gasteiger partial charge in [-0.15, -0.1) is 11.3 Å². The summed E-state index contributed by atoms with van der Waals surface area (Å²) < 4.78 is 1.22. The van der Waals surface area contributed by atoms with Crippen molar-refractivity contribution in [2.24, 2.45) is 0 Å². The molecule has 0 N–H and O–H groups in total. The fourth-order valence-electron chi connectivity index (χ4n) is 1.47. The van der Waals surface area contributed by atoms with Crippen LogP contribution in [0.25, 0.3) is 10.1 Å². The number of thiophene rings is 1. The minimum atomic E-state index is 0.833. The van der Waals surface area contributed by atoms with E-state index in [-0.39, 0.29) is 0 Å². The van der Waals surface area contributed by atoms with Crippen molar-refractivity contribution in [1.29, 1.82) is 5.26 Å². The summed E-state index contributed by atoms with van der Waals surface area (Å²) in [5.41, 5.74) is 2.08. The fourth-order valence-corrected chi connectivity index (χ4v) is 2.58. The highest BCUT2D eigenvalue weighted by molar-refractivity contribution is 7.19. The van der Waals surface area contributed by atoms with E-state index < -0.39 is 0 Å². The highest BCUT2D eigenvalue weighted by Crippen LogP contribution is 2.30. The van der Waals surface area contributed by atoms with Crippen LogP contribution in [-0.4, -0.2) is 0 Å². The van der Waals surface area contributed by atoms with E-state index >= 15 is 0 Å². The van der Waals surface area contributed by atoms with Gasteiger partial charge < -0.3 is 0 Å². The van der Waals surface area contributed by atoms with Crippen LogP contribution in [0.4, 0.5) is 0 Å². The third-order valence-corrected chi connectivity index (χ3v) is 3.20. The molecule has 0 bridgehead atoms. The number of rotatable bonds is 0. The normalized spacial score (nSPS) is 10.2. The van der Waals surface area contributed by atoms with Gasteiger partial charge in [0.15, 0.2) is 0 Å². The van der Waals surface area contributed by atoms with Gasteiger partial charge in [0.05, 0.1) is 5.56 Å². The molecule has 1 nitrogen and oxygen atoms in total. The molecular weight excluding hydrogens is 178 g/mol. The average molecular weight is 187 g/mol. The van der Waals surface area contributed by atoms with Crippen LogP contribution in [0.5, 0.6) is 0 Å². The SMILES string of the molecule is Cc1ccc2c(C#N)c(C)sc2c1. The van der Waals surface area contributed by atoms with Crippen LogP contribution < -0.4 is 0 Å². The second-order valence-electron chi connectivity index (χ2n) is 3.14. The van der Waals surface area contributed by atoms with Crippen LogP contribution in [0.15, 0.2) is 18.2 Å². The van der Waals surface area contributed by atoms with Gasteiger partial charge in [-0.1, -0.05) is 12.1 Å². The van der Waals surface area contributed by atoms with Crippen molar-refractivity contribution in [1.82, 2.24) is 0 Å². The Morgan fingerprint density at radius 2 is 2.08 bits per heavy atom. The molecule has 2 heteroatoms. The van der Waals surface area contributed by atoms with Gasteiger partial charge in [0, 0.05) is 15.0 Å². The Balaban J connectivity index is 2.88. The molecule has 0 radical (unpaired) electrons. The minimum absolute atomic E-state index is 0.833. The van der Waals surface area contributed by atoms with Crippen molar-refractivity contribution < 1.29 is 0 Å². The van der Waals surface area contributed by atoms with Crippen LogP contribution in [-0.2, 0) is 0 Å². The number of fused-ring (bicyclic) bond motifs is 1. The average Bonchev–Trinajstić information content (AvgIpc) is 2.39. The molecule has 1 heterocycles. The maximum absolute atomic E-state index is 8.93. The molecule has 1 aromatic carbocycles. The standard InChI is InChI=1S/C11H9NS/c1-7-3-4-9-10(6-12)8(2)13-11(9)5-7/h3-5H,1-2H3. The molecule has 0 aliphatic rings. The lowest BCUT2D eigenvalue weighted by atomic mass is 10.1. The second-order valence-corrected chi connectivity index (χ2v) is 4.40. The van der Waals surface area contributed by atoms with Crippen molar-refractivity contribution in [2.75, 3.05) is 0 Å². The first-order valence-electron chi connectivity index (χ1n) is 4.12. The molecule has 0 saturated heterocycles.